The molecule has 0 fully saturated rings. The van der Waals surface area contributed by atoms with E-state index < -0.39 is 6.10 Å². The topological polar surface area (TPSA) is 78.9 Å². The van der Waals surface area contributed by atoms with Crippen molar-refractivity contribution in [2.75, 3.05) is 13.2 Å². The first-order valence-corrected chi connectivity index (χ1v) is 26.8. The van der Waals surface area contributed by atoms with Crippen molar-refractivity contribution >= 4 is 17.9 Å². The van der Waals surface area contributed by atoms with Crippen molar-refractivity contribution in [1.82, 2.24) is 0 Å². The van der Waals surface area contributed by atoms with Crippen LogP contribution in [0.15, 0.2) is 0 Å². The van der Waals surface area contributed by atoms with Gasteiger partial charge in [-0.2, -0.15) is 0 Å². The maximum absolute atomic E-state index is 12.7. The molecule has 2 atom stereocenters. The molecular weight excluding hydrogens is 745 g/mol. The highest BCUT2D eigenvalue weighted by molar-refractivity contribution is 5.71. The van der Waals surface area contributed by atoms with Gasteiger partial charge < -0.3 is 14.2 Å². The molecule has 0 rings (SSSR count). The van der Waals surface area contributed by atoms with Crippen LogP contribution in [-0.4, -0.2) is 37.2 Å². The summed E-state index contributed by atoms with van der Waals surface area (Å²) in [4.78, 5) is 37.8. The molecule has 60 heavy (non-hydrogen) atoms. The van der Waals surface area contributed by atoms with Gasteiger partial charge >= 0.3 is 17.9 Å². The monoisotopic (exact) mass is 849 g/mol. The van der Waals surface area contributed by atoms with Crippen LogP contribution in [0.3, 0.4) is 0 Å². The maximum Gasteiger partial charge on any atom is 0.306 e. The Balaban J connectivity index is 4.14. The molecule has 0 N–H and O–H groups in total. The molecule has 0 aliphatic heterocycles. The number of unbranched alkanes of at least 4 members (excludes halogenated alkanes) is 32. The highest BCUT2D eigenvalue weighted by atomic mass is 16.6. The Morgan fingerprint density at radius 2 is 0.633 bits per heavy atom. The first kappa shape index (κ1) is 58.4. The van der Waals surface area contributed by atoms with E-state index in [1.807, 2.05) is 0 Å². The van der Waals surface area contributed by atoms with Crippen LogP contribution >= 0.6 is 0 Å². The van der Waals surface area contributed by atoms with E-state index >= 15 is 0 Å². The van der Waals surface area contributed by atoms with Gasteiger partial charge in [-0.1, -0.05) is 259 Å². The smallest absolute Gasteiger partial charge is 0.306 e. The first-order valence-electron chi connectivity index (χ1n) is 26.8. The molecule has 0 heterocycles. The van der Waals surface area contributed by atoms with Gasteiger partial charge in [0.15, 0.2) is 6.10 Å². The molecule has 0 aromatic heterocycles. The molecule has 0 amide bonds. The van der Waals surface area contributed by atoms with Crippen LogP contribution in [0.5, 0.6) is 0 Å². The lowest BCUT2D eigenvalue weighted by Gasteiger charge is -2.18. The molecule has 1 unspecified atom stereocenters. The zero-order chi connectivity index (χ0) is 44.0. The van der Waals surface area contributed by atoms with Crippen molar-refractivity contribution in [3.8, 4) is 0 Å². The molecule has 0 aliphatic rings. The Kier molecular flexibility index (Phi) is 45.7. The molecule has 356 valence electrons. The number of hydrogen-bond acceptors (Lipinski definition) is 6. The van der Waals surface area contributed by atoms with E-state index in [0.717, 1.165) is 69.6 Å². The van der Waals surface area contributed by atoms with Gasteiger partial charge in [-0.25, -0.2) is 0 Å². The summed E-state index contributed by atoms with van der Waals surface area (Å²) in [6.07, 6.45) is 48.1. The van der Waals surface area contributed by atoms with Gasteiger partial charge in [0.25, 0.3) is 0 Å². The van der Waals surface area contributed by atoms with Gasteiger partial charge in [0, 0.05) is 19.3 Å². The van der Waals surface area contributed by atoms with Gasteiger partial charge in [0.05, 0.1) is 0 Å². The Morgan fingerprint density at radius 3 is 0.950 bits per heavy atom. The predicted molar refractivity (Wildman–Crippen MR) is 256 cm³/mol. The van der Waals surface area contributed by atoms with E-state index in [-0.39, 0.29) is 31.1 Å². The molecular formula is C54H104O6. The van der Waals surface area contributed by atoms with Crippen LogP contribution in [-0.2, 0) is 28.6 Å². The van der Waals surface area contributed by atoms with Gasteiger partial charge in [-0.15, -0.1) is 0 Å². The van der Waals surface area contributed by atoms with Crippen LogP contribution < -0.4 is 0 Å². The van der Waals surface area contributed by atoms with Crippen LogP contribution in [0.1, 0.15) is 298 Å². The van der Waals surface area contributed by atoms with Gasteiger partial charge in [0.1, 0.15) is 13.2 Å². The molecule has 0 aromatic rings. The van der Waals surface area contributed by atoms with Crippen LogP contribution in [0.4, 0.5) is 0 Å². The van der Waals surface area contributed by atoms with E-state index in [9.17, 15) is 14.4 Å². The zero-order valence-corrected chi connectivity index (χ0v) is 41.1. The number of ether oxygens (including phenoxy) is 3. The van der Waals surface area contributed by atoms with Crippen LogP contribution in [0, 0.1) is 11.8 Å². The third kappa shape index (κ3) is 45.9. The van der Waals surface area contributed by atoms with Crippen molar-refractivity contribution in [2.24, 2.45) is 11.8 Å². The second-order valence-corrected chi connectivity index (χ2v) is 19.2. The Bertz CT molecular complexity index is 918. The van der Waals surface area contributed by atoms with Gasteiger partial charge in [0.2, 0.25) is 0 Å². The lowest BCUT2D eigenvalue weighted by atomic mass is 9.99. The number of carbonyl (C=O) groups is 3. The van der Waals surface area contributed by atoms with Crippen LogP contribution in [0.25, 0.3) is 0 Å². The summed E-state index contributed by atoms with van der Waals surface area (Å²) in [5, 5.41) is 0. The number of hydrogen-bond donors (Lipinski definition) is 0. The van der Waals surface area contributed by atoms with Crippen LogP contribution in [0.2, 0.25) is 0 Å². The lowest BCUT2D eigenvalue weighted by Crippen LogP contribution is -2.30. The highest BCUT2D eigenvalue weighted by Crippen LogP contribution is 2.18. The Labute approximate surface area is 374 Å². The molecule has 0 saturated heterocycles. The fraction of sp³-hybridized carbons (Fsp3) is 0.944. The van der Waals surface area contributed by atoms with Crippen molar-refractivity contribution in [2.45, 2.75) is 304 Å². The fourth-order valence-electron chi connectivity index (χ4n) is 8.13. The van der Waals surface area contributed by atoms with Gasteiger partial charge in [-0.3, -0.25) is 14.4 Å². The lowest BCUT2D eigenvalue weighted by molar-refractivity contribution is -0.167. The summed E-state index contributed by atoms with van der Waals surface area (Å²) in [6.45, 7) is 11.4. The van der Waals surface area contributed by atoms with Crippen molar-refractivity contribution < 1.29 is 28.6 Å². The predicted octanol–water partition coefficient (Wildman–Crippen LogP) is 17.3. The number of esters is 3. The molecule has 6 nitrogen and oxygen atoms in total. The minimum Gasteiger partial charge on any atom is -0.462 e. The van der Waals surface area contributed by atoms with E-state index in [4.69, 9.17) is 14.2 Å². The Hall–Kier alpha value is -1.59. The highest BCUT2D eigenvalue weighted by Gasteiger charge is 2.19. The fourth-order valence-corrected chi connectivity index (χ4v) is 8.13. The number of carbonyl (C=O) groups excluding carboxylic acids is 3. The summed E-state index contributed by atoms with van der Waals surface area (Å²) in [5.41, 5.74) is 0. The van der Waals surface area contributed by atoms with E-state index in [2.05, 4.69) is 34.6 Å². The van der Waals surface area contributed by atoms with Gasteiger partial charge in [-0.05, 0) is 31.1 Å². The summed E-state index contributed by atoms with van der Waals surface area (Å²) in [6, 6.07) is 0. The van der Waals surface area contributed by atoms with Crippen molar-refractivity contribution in [3.05, 3.63) is 0 Å². The molecule has 0 aliphatic carbocycles. The average molecular weight is 849 g/mol. The molecule has 0 radical (unpaired) electrons. The number of rotatable bonds is 48. The van der Waals surface area contributed by atoms with E-state index in [1.165, 1.54) is 186 Å². The largest absolute Gasteiger partial charge is 0.462 e. The SMILES string of the molecule is CCCCCCCCCC(=O)O[C@@H](COC(=O)CCCCCCCCCCCCCCCCC(C)C)COC(=O)CCCCCCCCCCCCCCCCC(C)CC. The molecule has 0 aromatic carbocycles. The Morgan fingerprint density at radius 1 is 0.350 bits per heavy atom. The molecule has 0 bridgehead atoms. The van der Waals surface area contributed by atoms with E-state index in [1.54, 1.807) is 0 Å². The molecule has 6 heteroatoms. The first-order chi connectivity index (χ1) is 29.3. The quantitative estimate of drug-likeness (QED) is 0.0345. The zero-order valence-electron chi connectivity index (χ0n) is 41.1. The summed E-state index contributed by atoms with van der Waals surface area (Å²) in [5.74, 6) is 0.888. The average Bonchev–Trinajstić information content (AvgIpc) is 3.23. The molecule has 0 saturated carbocycles. The van der Waals surface area contributed by atoms with Crippen molar-refractivity contribution in [3.63, 3.8) is 0 Å². The maximum atomic E-state index is 12.7. The third-order valence-corrected chi connectivity index (χ3v) is 12.6. The standard InChI is InChI=1S/C54H104O6/c1-6-8-9-10-27-36-41-46-54(57)60-51(47-58-52(55)44-39-34-30-25-21-17-13-11-15-19-23-28-32-37-42-49(3)4)48-59-53(56)45-40-35-31-26-22-18-14-12-16-20-24-29-33-38-43-50(5)7-2/h49-51H,6-48H2,1-5H3/t50?,51-/m0/s1. The van der Waals surface area contributed by atoms with Crippen molar-refractivity contribution in [1.29, 1.82) is 0 Å². The normalized spacial score (nSPS) is 12.5. The second-order valence-electron chi connectivity index (χ2n) is 19.2. The second kappa shape index (κ2) is 46.9. The molecule has 0 spiro atoms. The summed E-state index contributed by atoms with van der Waals surface area (Å²) >= 11 is 0. The minimum atomic E-state index is -0.760. The summed E-state index contributed by atoms with van der Waals surface area (Å²) < 4.78 is 16.8. The third-order valence-electron chi connectivity index (χ3n) is 12.6. The minimum absolute atomic E-state index is 0.0639. The summed E-state index contributed by atoms with van der Waals surface area (Å²) in [7, 11) is 0. The van der Waals surface area contributed by atoms with E-state index in [0.29, 0.717) is 19.3 Å².